The Morgan fingerprint density at radius 2 is 1.81 bits per heavy atom. The maximum atomic E-state index is 11.9. The Kier molecular flexibility index (Phi) is 4.12. The maximum Gasteiger partial charge on any atom is 0.244 e. The minimum absolute atomic E-state index is 0.213. The summed E-state index contributed by atoms with van der Waals surface area (Å²) in [6, 6.07) is 0. The highest BCUT2D eigenvalue weighted by atomic mass is 16.6. The van der Waals surface area contributed by atoms with Gasteiger partial charge in [-0.2, -0.15) is 0 Å². The zero-order valence-corrected chi connectivity index (χ0v) is 10.0. The SMILES string of the molecule is C=CC1(OCC)C(=O)C(OCC)=C1OCC. The van der Waals surface area contributed by atoms with Crippen LogP contribution in [0, 0.1) is 0 Å². The van der Waals surface area contributed by atoms with Crippen molar-refractivity contribution >= 4 is 5.78 Å². The van der Waals surface area contributed by atoms with Crippen LogP contribution >= 0.6 is 0 Å². The van der Waals surface area contributed by atoms with E-state index in [1.165, 1.54) is 6.08 Å². The molecule has 0 saturated heterocycles. The Balaban J connectivity index is 3.04. The van der Waals surface area contributed by atoms with Gasteiger partial charge in [-0.15, -0.1) is 0 Å². The van der Waals surface area contributed by atoms with Gasteiger partial charge in [-0.05, 0) is 26.8 Å². The van der Waals surface area contributed by atoms with Crippen molar-refractivity contribution in [1.82, 2.24) is 0 Å². The van der Waals surface area contributed by atoms with Crippen LogP contribution in [0.5, 0.6) is 0 Å². The van der Waals surface area contributed by atoms with Crippen LogP contribution in [0.2, 0.25) is 0 Å². The molecule has 0 N–H and O–H groups in total. The standard InChI is InChI=1S/C12H18O4/c1-5-12(16-8-4)10(13)9(14-6-2)11(12)15-7-3/h5H,1,6-8H2,2-4H3. The molecule has 0 bridgehead atoms. The van der Waals surface area contributed by atoms with Gasteiger partial charge in [-0.25, -0.2) is 0 Å². The molecular weight excluding hydrogens is 208 g/mol. The highest BCUT2D eigenvalue weighted by Gasteiger charge is 2.56. The summed E-state index contributed by atoms with van der Waals surface area (Å²) < 4.78 is 16.1. The number of carbonyl (C=O) groups excluding carboxylic acids is 1. The lowest BCUT2D eigenvalue weighted by atomic mass is 9.82. The highest BCUT2D eigenvalue weighted by molar-refractivity contribution is 6.11. The molecule has 0 aromatic rings. The number of ether oxygens (including phenoxy) is 3. The van der Waals surface area contributed by atoms with Crippen molar-refractivity contribution < 1.29 is 19.0 Å². The lowest BCUT2D eigenvalue weighted by Gasteiger charge is -2.39. The molecule has 0 fully saturated rings. The van der Waals surface area contributed by atoms with Crippen molar-refractivity contribution in [3.8, 4) is 0 Å². The molecule has 0 radical (unpaired) electrons. The van der Waals surface area contributed by atoms with E-state index >= 15 is 0 Å². The molecule has 0 aromatic carbocycles. The molecule has 1 aliphatic carbocycles. The first kappa shape index (κ1) is 12.8. The zero-order valence-electron chi connectivity index (χ0n) is 10.0. The lowest BCUT2D eigenvalue weighted by molar-refractivity contribution is -0.147. The quantitative estimate of drug-likeness (QED) is 0.621. The first-order valence-electron chi connectivity index (χ1n) is 5.50. The second-order valence-electron chi connectivity index (χ2n) is 3.23. The minimum atomic E-state index is -1.13. The molecule has 1 aliphatic rings. The molecular formula is C12H18O4. The number of carbonyl (C=O) groups is 1. The van der Waals surface area contributed by atoms with Gasteiger partial charge < -0.3 is 14.2 Å². The van der Waals surface area contributed by atoms with Crippen molar-refractivity contribution in [3.63, 3.8) is 0 Å². The van der Waals surface area contributed by atoms with E-state index in [1.54, 1.807) is 0 Å². The van der Waals surface area contributed by atoms with Gasteiger partial charge in [-0.1, -0.05) is 6.58 Å². The molecule has 0 aromatic heterocycles. The molecule has 16 heavy (non-hydrogen) atoms. The van der Waals surface area contributed by atoms with Crippen LogP contribution in [0.25, 0.3) is 0 Å². The summed E-state index contributed by atoms with van der Waals surface area (Å²) in [4.78, 5) is 11.9. The third kappa shape index (κ3) is 1.73. The number of hydrogen-bond donors (Lipinski definition) is 0. The smallest absolute Gasteiger partial charge is 0.244 e. The fraction of sp³-hybridized carbons (Fsp3) is 0.583. The summed E-state index contributed by atoms with van der Waals surface area (Å²) >= 11 is 0. The first-order chi connectivity index (χ1) is 7.67. The predicted molar refractivity (Wildman–Crippen MR) is 59.8 cm³/mol. The fourth-order valence-corrected chi connectivity index (χ4v) is 1.68. The molecule has 0 spiro atoms. The van der Waals surface area contributed by atoms with Crippen molar-refractivity contribution in [2.45, 2.75) is 26.4 Å². The molecule has 0 amide bonds. The van der Waals surface area contributed by atoms with Gasteiger partial charge in [0.1, 0.15) is 0 Å². The van der Waals surface area contributed by atoms with Gasteiger partial charge >= 0.3 is 0 Å². The predicted octanol–water partition coefficient (Wildman–Crippen LogP) is 1.81. The topological polar surface area (TPSA) is 44.8 Å². The van der Waals surface area contributed by atoms with Crippen LogP contribution in [-0.4, -0.2) is 31.2 Å². The van der Waals surface area contributed by atoms with E-state index in [-0.39, 0.29) is 11.5 Å². The van der Waals surface area contributed by atoms with Gasteiger partial charge in [-0.3, -0.25) is 4.79 Å². The summed E-state index contributed by atoms with van der Waals surface area (Å²) in [6.45, 7) is 10.4. The molecule has 4 heteroatoms. The normalized spacial score (nSPS) is 24.1. The van der Waals surface area contributed by atoms with Crippen molar-refractivity contribution in [2.24, 2.45) is 0 Å². The van der Waals surface area contributed by atoms with E-state index in [0.717, 1.165) is 0 Å². The molecule has 1 unspecified atom stereocenters. The molecule has 1 atom stereocenters. The van der Waals surface area contributed by atoms with Crippen LogP contribution in [0.15, 0.2) is 24.2 Å². The van der Waals surface area contributed by atoms with Crippen molar-refractivity contribution in [3.05, 3.63) is 24.2 Å². The number of ketones is 1. The van der Waals surface area contributed by atoms with E-state index in [0.29, 0.717) is 25.6 Å². The van der Waals surface area contributed by atoms with Crippen molar-refractivity contribution in [1.29, 1.82) is 0 Å². The second kappa shape index (κ2) is 5.16. The third-order valence-corrected chi connectivity index (χ3v) is 2.32. The Morgan fingerprint density at radius 1 is 1.19 bits per heavy atom. The monoisotopic (exact) mass is 226 g/mol. The fourth-order valence-electron chi connectivity index (χ4n) is 1.68. The summed E-state index contributed by atoms with van der Waals surface area (Å²) in [7, 11) is 0. The molecule has 1 rings (SSSR count). The number of rotatable bonds is 7. The third-order valence-electron chi connectivity index (χ3n) is 2.32. The molecule has 0 saturated carbocycles. The molecule has 90 valence electrons. The lowest BCUT2D eigenvalue weighted by Crippen LogP contribution is -2.53. The van der Waals surface area contributed by atoms with Crippen LogP contribution < -0.4 is 0 Å². The van der Waals surface area contributed by atoms with Gasteiger partial charge in [0, 0.05) is 6.61 Å². The van der Waals surface area contributed by atoms with E-state index in [2.05, 4.69) is 6.58 Å². The van der Waals surface area contributed by atoms with Crippen LogP contribution in [0.4, 0.5) is 0 Å². The first-order valence-corrected chi connectivity index (χ1v) is 5.50. The van der Waals surface area contributed by atoms with Gasteiger partial charge in [0.05, 0.1) is 13.2 Å². The summed E-state index contributed by atoms with van der Waals surface area (Å²) in [5, 5.41) is 0. The van der Waals surface area contributed by atoms with Crippen LogP contribution in [0.3, 0.4) is 0 Å². The zero-order chi connectivity index (χ0) is 12.2. The van der Waals surface area contributed by atoms with Crippen LogP contribution in [-0.2, 0) is 19.0 Å². The second-order valence-corrected chi connectivity index (χ2v) is 3.23. The Labute approximate surface area is 95.9 Å². The molecule has 0 heterocycles. The average molecular weight is 226 g/mol. The van der Waals surface area contributed by atoms with E-state index in [4.69, 9.17) is 14.2 Å². The Hall–Kier alpha value is -1.29. The summed E-state index contributed by atoms with van der Waals surface area (Å²) in [6.07, 6.45) is 1.46. The molecule has 0 aliphatic heterocycles. The molecule has 4 nitrogen and oxygen atoms in total. The minimum Gasteiger partial charge on any atom is -0.490 e. The maximum absolute atomic E-state index is 11.9. The summed E-state index contributed by atoms with van der Waals surface area (Å²) in [5.74, 6) is 0.492. The van der Waals surface area contributed by atoms with Crippen LogP contribution in [0.1, 0.15) is 20.8 Å². The van der Waals surface area contributed by atoms with E-state index in [9.17, 15) is 4.79 Å². The number of hydrogen-bond acceptors (Lipinski definition) is 4. The largest absolute Gasteiger partial charge is 0.490 e. The van der Waals surface area contributed by atoms with Gasteiger partial charge in [0.25, 0.3) is 0 Å². The van der Waals surface area contributed by atoms with E-state index in [1.807, 2.05) is 20.8 Å². The number of Topliss-reactive ketones (excluding diaryl/α,β-unsaturated/α-hetero) is 1. The average Bonchev–Trinajstić information content (AvgIpc) is 2.31. The van der Waals surface area contributed by atoms with Crippen molar-refractivity contribution in [2.75, 3.05) is 19.8 Å². The Morgan fingerprint density at radius 3 is 2.25 bits per heavy atom. The summed E-state index contributed by atoms with van der Waals surface area (Å²) in [5.41, 5.74) is -1.13. The highest BCUT2D eigenvalue weighted by Crippen LogP contribution is 2.40. The van der Waals surface area contributed by atoms with Gasteiger partial charge in [0.2, 0.25) is 17.1 Å². The van der Waals surface area contributed by atoms with Gasteiger partial charge in [0.15, 0.2) is 5.76 Å². The Bertz CT molecular complexity index is 319. The van der Waals surface area contributed by atoms with E-state index < -0.39 is 5.60 Å².